The second-order valence-corrected chi connectivity index (χ2v) is 10.7. The highest BCUT2D eigenvalue weighted by molar-refractivity contribution is 7.13. The highest BCUT2D eigenvalue weighted by Crippen LogP contribution is 2.31. The summed E-state index contributed by atoms with van der Waals surface area (Å²) in [6.07, 6.45) is 5.07. The highest BCUT2D eigenvalue weighted by Gasteiger charge is 2.31. The van der Waals surface area contributed by atoms with Gasteiger partial charge in [-0.25, -0.2) is 14.5 Å². The zero-order valence-electron chi connectivity index (χ0n) is 22.5. The molecule has 1 aliphatic rings. The van der Waals surface area contributed by atoms with Crippen molar-refractivity contribution < 1.29 is 9.59 Å². The van der Waals surface area contributed by atoms with E-state index >= 15 is 0 Å². The second-order valence-electron chi connectivity index (χ2n) is 9.75. The van der Waals surface area contributed by atoms with E-state index in [0.717, 1.165) is 30.1 Å². The van der Waals surface area contributed by atoms with Crippen LogP contribution < -0.4 is 16.0 Å². The standard InChI is InChI=1S/C28H34N8O2S/c1-4-34(5-2)18(3)16-30-28(38)19-14-22(32-25(15-19)35-11-6-8-23(35)26(29)37)20-17-31-36-12-10-21(33-27(20)36)24-9-7-13-39-24/h7,9-10,12-15,17-18,23H,4-6,8,11,16H2,1-3H3,(H2,29,37)(H,30,38). The van der Waals surface area contributed by atoms with Crippen molar-refractivity contribution in [3.8, 4) is 21.8 Å². The minimum atomic E-state index is -0.459. The largest absolute Gasteiger partial charge is 0.368 e. The Hall–Kier alpha value is -3.83. The van der Waals surface area contributed by atoms with Crippen molar-refractivity contribution in [2.75, 3.05) is 31.1 Å². The van der Waals surface area contributed by atoms with Crippen molar-refractivity contribution in [2.45, 2.75) is 45.7 Å². The van der Waals surface area contributed by atoms with Gasteiger partial charge in [0.2, 0.25) is 5.91 Å². The Morgan fingerprint density at radius 3 is 2.74 bits per heavy atom. The molecule has 1 fully saturated rings. The third-order valence-electron chi connectivity index (χ3n) is 7.36. The molecule has 3 N–H and O–H groups in total. The van der Waals surface area contributed by atoms with Crippen LogP contribution >= 0.6 is 11.3 Å². The topological polar surface area (TPSA) is 122 Å². The molecule has 10 nitrogen and oxygen atoms in total. The van der Waals surface area contributed by atoms with Crippen molar-refractivity contribution in [1.82, 2.24) is 29.8 Å². The number of likely N-dealkylation sites (N-methyl/N-ethyl adjacent to an activating group) is 1. The summed E-state index contributed by atoms with van der Waals surface area (Å²) in [6.45, 7) is 9.31. The van der Waals surface area contributed by atoms with Crippen molar-refractivity contribution >= 4 is 34.6 Å². The Morgan fingerprint density at radius 1 is 1.21 bits per heavy atom. The van der Waals surface area contributed by atoms with Gasteiger partial charge in [-0.2, -0.15) is 5.10 Å². The van der Waals surface area contributed by atoms with Gasteiger partial charge in [-0.1, -0.05) is 19.9 Å². The molecule has 2 amide bonds. The van der Waals surface area contributed by atoms with Crippen LogP contribution in [-0.2, 0) is 4.79 Å². The van der Waals surface area contributed by atoms with E-state index in [1.807, 2.05) is 34.7 Å². The van der Waals surface area contributed by atoms with E-state index < -0.39 is 11.9 Å². The number of nitrogens with zero attached hydrogens (tertiary/aromatic N) is 6. The van der Waals surface area contributed by atoms with Crippen molar-refractivity contribution in [1.29, 1.82) is 0 Å². The molecule has 4 aromatic rings. The average Bonchev–Trinajstić information content (AvgIpc) is 3.72. The van der Waals surface area contributed by atoms with E-state index in [0.29, 0.717) is 47.8 Å². The predicted molar refractivity (Wildman–Crippen MR) is 154 cm³/mol. The van der Waals surface area contributed by atoms with Crippen LogP contribution in [0, 0.1) is 0 Å². The van der Waals surface area contributed by atoms with Crippen LogP contribution in [0.15, 0.2) is 48.1 Å². The van der Waals surface area contributed by atoms with Crippen LogP contribution in [0.2, 0.25) is 0 Å². The zero-order valence-corrected chi connectivity index (χ0v) is 23.3. The second kappa shape index (κ2) is 11.5. The molecule has 0 spiro atoms. The van der Waals surface area contributed by atoms with E-state index in [1.165, 1.54) is 0 Å². The number of rotatable bonds is 10. The SMILES string of the molecule is CCN(CC)C(C)CNC(=O)c1cc(-c2cnn3ccc(-c4cccs4)nc23)nc(N2CCCC2C(N)=O)c1. The van der Waals surface area contributed by atoms with Crippen molar-refractivity contribution in [3.05, 3.63) is 53.7 Å². The number of aromatic nitrogens is 4. The maximum absolute atomic E-state index is 13.4. The summed E-state index contributed by atoms with van der Waals surface area (Å²) in [5.41, 5.74) is 8.93. The molecule has 2 atom stereocenters. The Balaban J connectivity index is 1.54. The summed E-state index contributed by atoms with van der Waals surface area (Å²) in [6, 6.07) is 9.20. The lowest BCUT2D eigenvalue weighted by molar-refractivity contribution is -0.119. The Morgan fingerprint density at radius 2 is 2.03 bits per heavy atom. The Bertz CT molecular complexity index is 1460. The fraction of sp³-hybridized carbons (Fsp3) is 0.393. The quantitative estimate of drug-likeness (QED) is 0.313. The molecular formula is C28H34N8O2S. The first-order chi connectivity index (χ1) is 18.9. The third-order valence-corrected chi connectivity index (χ3v) is 8.25. The number of hydrogen-bond donors (Lipinski definition) is 2. The number of carbonyl (C=O) groups is 2. The molecule has 1 aliphatic heterocycles. The number of amides is 2. The van der Waals surface area contributed by atoms with E-state index in [-0.39, 0.29) is 11.9 Å². The van der Waals surface area contributed by atoms with Crippen LogP contribution in [0.4, 0.5) is 5.82 Å². The molecule has 0 radical (unpaired) electrons. The molecule has 11 heteroatoms. The van der Waals surface area contributed by atoms with Crippen LogP contribution in [0.25, 0.3) is 27.5 Å². The summed E-state index contributed by atoms with van der Waals surface area (Å²) in [7, 11) is 0. The van der Waals surface area contributed by atoms with Gasteiger partial charge in [0.1, 0.15) is 11.9 Å². The lowest BCUT2D eigenvalue weighted by Gasteiger charge is -2.27. The van der Waals surface area contributed by atoms with Gasteiger partial charge >= 0.3 is 0 Å². The number of fused-ring (bicyclic) bond motifs is 1. The number of primary amides is 1. The van der Waals surface area contributed by atoms with Crippen molar-refractivity contribution in [3.63, 3.8) is 0 Å². The number of carbonyl (C=O) groups excluding carboxylic acids is 2. The minimum absolute atomic E-state index is 0.196. The summed E-state index contributed by atoms with van der Waals surface area (Å²) in [5, 5.41) is 9.58. The molecule has 0 bridgehead atoms. The molecule has 1 saturated heterocycles. The molecule has 204 valence electrons. The van der Waals surface area contributed by atoms with Crippen LogP contribution in [0.3, 0.4) is 0 Å². The molecule has 5 heterocycles. The molecule has 4 aromatic heterocycles. The predicted octanol–water partition coefficient (Wildman–Crippen LogP) is 3.43. The van der Waals surface area contributed by atoms with Gasteiger partial charge in [-0.3, -0.25) is 14.5 Å². The number of nitrogens with one attached hydrogen (secondary N) is 1. The normalized spacial score (nSPS) is 16.2. The van der Waals surface area contributed by atoms with E-state index in [4.69, 9.17) is 15.7 Å². The summed E-state index contributed by atoms with van der Waals surface area (Å²) >= 11 is 1.62. The van der Waals surface area contributed by atoms with Crippen LogP contribution in [0.1, 0.15) is 44.0 Å². The smallest absolute Gasteiger partial charge is 0.251 e. The van der Waals surface area contributed by atoms with Crippen molar-refractivity contribution in [2.24, 2.45) is 5.73 Å². The first kappa shape index (κ1) is 26.8. The minimum Gasteiger partial charge on any atom is -0.368 e. The van der Waals surface area contributed by atoms with E-state index in [1.54, 1.807) is 34.2 Å². The molecule has 0 aromatic carbocycles. The van der Waals surface area contributed by atoms with Gasteiger partial charge in [-0.15, -0.1) is 11.3 Å². The number of nitrogens with two attached hydrogens (primary N) is 1. The summed E-state index contributed by atoms with van der Waals surface area (Å²) < 4.78 is 1.70. The van der Waals surface area contributed by atoms with Gasteiger partial charge < -0.3 is 16.0 Å². The fourth-order valence-corrected chi connectivity index (χ4v) is 5.89. The molecule has 0 saturated carbocycles. The number of pyridine rings is 1. The monoisotopic (exact) mass is 546 g/mol. The highest BCUT2D eigenvalue weighted by atomic mass is 32.1. The molecule has 0 aliphatic carbocycles. The van der Waals surface area contributed by atoms with Gasteiger partial charge in [0, 0.05) is 30.9 Å². The van der Waals surface area contributed by atoms with Crippen LogP contribution in [-0.4, -0.2) is 74.6 Å². The Kier molecular flexibility index (Phi) is 7.89. The molecule has 5 rings (SSSR count). The summed E-state index contributed by atoms with van der Waals surface area (Å²) in [4.78, 5) is 40.6. The number of thiophene rings is 1. The maximum atomic E-state index is 13.4. The third kappa shape index (κ3) is 5.50. The Labute approximate surface area is 231 Å². The lowest BCUT2D eigenvalue weighted by Crippen LogP contribution is -2.42. The average molecular weight is 547 g/mol. The maximum Gasteiger partial charge on any atom is 0.251 e. The first-order valence-electron chi connectivity index (χ1n) is 13.4. The van der Waals surface area contributed by atoms with Gasteiger partial charge in [0.05, 0.1) is 28.0 Å². The molecule has 39 heavy (non-hydrogen) atoms. The van der Waals surface area contributed by atoms with E-state index in [9.17, 15) is 9.59 Å². The lowest BCUT2D eigenvalue weighted by atomic mass is 10.1. The number of anilines is 1. The molecular weight excluding hydrogens is 512 g/mol. The van der Waals surface area contributed by atoms with Gasteiger partial charge in [-0.05, 0) is 62.5 Å². The number of hydrogen-bond acceptors (Lipinski definition) is 8. The van der Waals surface area contributed by atoms with Gasteiger partial charge in [0.15, 0.2) is 5.65 Å². The van der Waals surface area contributed by atoms with Gasteiger partial charge in [0.25, 0.3) is 5.91 Å². The van der Waals surface area contributed by atoms with Crippen LogP contribution in [0.5, 0.6) is 0 Å². The first-order valence-corrected chi connectivity index (χ1v) is 14.3. The zero-order chi connectivity index (χ0) is 27.5. The summed E-state index contributed by atoms with van der Waals surface area (Å²) in [5.74, 6) is -0.0427. The van der Waals surface area contributed by atoms with E-state index in [2.05, 4.69) is 36.1 Å². The fourth-order valence-electron chi connectivity index (χ4n) is 5.20. The molecule has 2 unspecified atom stereocenters.